The van der Waals surface area contributed by atoms with Crippen LogP contribution in [0.1, 0.15) is 23.2 Å². The van der Waals surface area contributed by atoms with Crippen LogP contribution in [0.3, 0.4) is 0 Å². The van der Waals surface area contributed by atoms with Gasteiger partial charge in [-0.2, -0.15) is 0 Å². The number of fused-ring (bicyclic) bond motifs is 1. The van der Waals surface area contributed by atoms with Gasteiger partial charge >= 0.3 is 0 Å². The molecule has 22 heavy (non-hydrogen) atoms. The number of amides is 1. The van der Waals surface area contributed by atoms with Crippen LogP contribution >= 0.6 is 0 Å². The van der Waals surface area contributed by atoms with Gasteiger partial charge in [0, 0.05) is 25.1 Å². The highest BCUT2D eigenvalue weighted by Crippen LogP contribution is 2.31. The third-order valence-corrected chi connectivity index (χ3v) is 5.82. The number of hydrogen-bond donors (Lipinski definition) is 0. The van der Waals surface area contributed by atoms with Gasteiger partial charge in [0.15, 0.2) is 21.3 Å². The molecule has 2 aliphatic rings. The monoisotopic (exact) mass is 325 g/mol. The van der Waals surface area contributed by atoms with E-state index < -0.39 is 9.84 Å². The first kappa shape index (κ1) is 15.1. The van der Waals surface area contributed by atoms with E-state index in [1.807, 2.05) is 0 Å². The van der Waals surface area contributed by atoms with Crippen molar-refractivity contribution >= 4 is 15.7 Å². The van der Waals surface area contributed by atoms with Crippen molar-refractivity contribution in [2.45, 2.75) is 18.9 Å². The average Bonchev–Trinajstić information content (AvgIpc) is 2.72. The molecule has 6 nitrogen and oxygen atoms in total. The van der Waals surface area contributed by atoms with Gasteiger partial charge in [-0.3, -0.25) is 4.79 Å². The highest BCUT2D eigenvalue weighted by molar-refractivity contribution is 7.91. The van der Waals surface area contributed by atoms with Crippen LogP contribution < -0.4 is 9.47 Å². The SMILES string of the molecule is CN(C(=O)c1ccc2c(c1)OCCCO2)[C@@H]1CCS(=O)(=O)C1. The summed E-state index contributed by atoms with van der Waals surface area (Å²) in [6.07, 6.45) is 1.30. The highest BCUT2D eigenvalue weighted by Gasteiger charge is 2.33. The molecule has 1 aromatic carbocycles. The molecule has 0 radical (unpaired) electrons. The second-order valence-corrected chi connectivity index (χ2v) is 7.91. The van der Waals surface area contributed by atoms with Crippen LogP contribution in [0.25, 0.3) is 0 Å². The number of carbonyl (C=O) groups is 1. The van der Waals surface area contributed by atoms with Crippen LogP contribution in [0.4, 0.5) is 0 Å². The zero-order valence-electron chi connectivity index (χ0n) is 12.4. The lowest BCUT2D eigenvalue weighted by Crippen LogP contribution is -2.37. The molecule has 0 unspecified atom stereocenters. The van der Waals surface area contributed by atoms with Crippen LogP contribution in [-0.2, 0) is 9.84 Å². The normalized spacial score (nSPS) is 22.9. The first-order valence-electron chi connectivity index (χ1n) is 7.33. The minimum Gasteiger partial charge on any atom is -0.490 e. The third kappa shape index (κ3) is 3.04. The molecule has 2 aliphatic heterocycles. The van der Waals surface area contributed by atoms with Crippen molar-refractivity contribution in [2.24, 2.45) is 0 Å². The van der Waals surface area contributed by atoms with Crippen LogP contribution in [0, 0.1) is 0 Å². The molecule has 120 valence electrons. The minimum atomic E-state index is -3.01. The largest absolute Gasteiger partial charge is 0.490 e. The summed E-state index contributed by atoms with van der Waals surface area (Å²) in [5.41, 5.74) is 0.482. The molecule has 1 fully saturated rings. The van der Waals surface area contributed by atoms with Crippen molar-refractivity contribution in [3.05, 3.63) is 23.8 Å². The smallest absolute Gasteiger partial charge is 0.254 e. The third-order valence-electron chi connectivity index (χ3n) is 4.07. The predicted molar refractivity (Wildman–Crippen MR) is 81.2 cm³/mol. The molecule has 7 heteroatoms. The second-order valence-electron chi connectivity index (χ2n) is 5.68. The topological polar surface area (TPSA) is 72.9 Å². The summed E-state index contributed by atoms with van der Waals surface area (Å²) in [5, 5.41) is 0. The molecule has 0 N–H and O–H groups in total. The molecule has 1 aromatic rings. The van der Waals surface area contributed by atoms with Gasteiger partial charge in [-0.1, -0.05) is 0 Å². The van der Waals surface area contributed by atoms with Crippen LogP contribution in [0.15, 0.2) is 18.2 Å². The van der Waals surface area contributed by atoms with E-state index in [4.69, 9.17) is 9.47 Å². The zero-order valence-corrected chi connectivity index (χ0v) is 13.3. The fraction of sp³-hybridized carbons (Fsp3) is 0.533. The van der Waals surface area contributed by atoms with Crippen molar-refractivity contribution in [3.63, 3.8) is 0 Å². The van der Waals surface area contributed by atoms with Gasteiger partial charge < -0.3 is 14.4 Å². The summed E-state index contributed by atoms with van der Waals surface area (Å²) in [6, 6.07) is 4.83. The summed E-state index contributed by atoms with van der Waals surface area (Å²) in [4.78, 5) is 14.1. The zero-order chi connectivity index (χ0) is 15.7. The molecule has 3 rings (SSSR count). The van der Waals surface area contributed by atoms with Gasteiger partial charge in [-0.25, -0.2) is 8.42 Å². The Morgan fingerprint density at radius 1 is 1.23 bits per heavy atom. The van der Waals surface area contributed by atoms with Gasteiger partial charge in [0.1, 0.15) is 0 Å². The summed E-state index contributed by atoms with van der Waals surface area (Å²) in [6.45, 7) is 1.15. The van der Waals surface area contributed by atoms with Crippen LogP contribution in [-0.4, -0.2) is 57.0 Å². The van der Waals surface area contributed by atoms with E-state index >= 15 is 0 Å². The summed E-state index contributed by atoms with van der Waals surface area (Å²) in [5.74, 6) is 1.20. The van der Waals surface area contributed by atoms with Crippen LogP contribution in [0.5, 0.6) is 11.5 Å². The lowest BCUT2D eigenvalue weighted by molar-refractivity contribution is 0.0747. The molecule has 0 bridgehead atoms. The Balaban J connectivity index is 1.79. The Morgan fingerprint density at radius 3 is 2.64 bits per heavy atom. The Kier molecular flexibility index (Phi) is 3.99. The lowest BCUT2D eigenvalue weighted by atomic mass is 10.1. The highest BCUT2D eigenvalue weighted by atomic mass is 32.2. The molecule has 0 spiro atoms. The number of sulfone groups is 1. The van der Waals surface area contributed by atoms with Crippen molar-refractivity contribution in [1.29, 1.82) is 0 Å². The molecule has 2 heterocycles. The maximum Gasteiger partial charge on any atom is 0.254 e. The summed E-state index contributed by atoms with van der Waals surface area (Å²) < 4.78 is 34.2. The van der Waals surface area contributed by atoms with E-state index in [2.05, 4.69) is 0 Å². The molecule has 0 saturated carbocycles. The summed E-state index contributed by atoms with van der Waals surface area (Å²) >= 11 is 0. The van der Waals surface area contributed by atoms with Crippen molar-refractivity contribution in [3.8, 4) is 11.5 Å². The van der Waals surface area contributed by atoms with Crippen molar-refractivity contribution in [2.75, 3.05) is 31.8 Å². The molecule has 1 saturated heterocycles. The van der Waals surface area contributed by atoms with Gasteiger partial charge in [0.2, 0.25) is 0 Å². The molecule has 1 amide bonds. The number of ether oxygens (including phenoxy) is 2. The Labute approximate surface area is 129 Å². The molecule has 1 atom stereocenters. The number of hydrogen-bond acceptors (Lipinski definition) is 5. The lowest BCUT2D eigenvalue weighted by Gasteiger charge is -2.23. The van der Waals surface area contributed by atoms with Gasteiger partial charge in [0.25, 0.3) is 5.91 Å². The second kappa shape index (κ2) is 5.79. The van der Waals surface area contributed by atoms with Crippen molar-refractivity contribution < 1.29 is 22.7 Å². The standard InChI is InChI=1S/C15H19NO5S/c1-16(12-5-8-22(18,19)10-12)15(17)11-3-4-13-14(9-11)21-7-2-6-20-13/h3-4,9,12H,2,5-8,10H2,1H3/t12-/m1/s1. The van der Waals surface area contributed by atoms with Crippen LogP contribution in [0.2, 0.25) is 0 Å². The van der Waals surface area contributed by atoms with E-state index in [0.29, 0.717) is 36.7 Å². The quantitative estimate of drug-likeness (QED) is 0.814. The summed E-state index contributed by atoms with van der Waals surface area (Å²) in [7, 11) is -1.36. The molecular weight excluding hydrogens is 306 g/mol. The van der Waals surface area contributed by atoms with E-state index in [0.717, 1.165) is 6.42 Å². The predicted octanol–water partition coefficient (Wildman–Crippen LogP) is 1.11. The minimum absolute atomic E-state index is 0.0415. The van der Waals surface area contributed by atoms with Gasteiger partial charge in [-0.05, 0) is 24.6 Å². The van der Waals surface area contributed by atoms with E-state index in [1.165, 1.54) is 4.90 Å². The van der Waals surface area contributed by atoms with Gasteiger partial charge in [-0.15, -0.1) is 0 Å². The Morgan fingerprint density at radius 2 is 1.95 bits per heavy atom. The van der Waals surface area contributed by atoms with E-state index in [-0.39, 0.29) is 23.5 Å². The van der Waals surface area contributed by atoms with Gasteiger partial charge in [0.05, 0.1) is 24.7 Å². The average molecular weight is 325 g/mol. The first-order valence-corrected chi connectivity index (χ1v) is 9.16. The number of rotatable bonds is 2. The number of carbonyl (C=O) groups excluding carboxylic acids is 1. The fourth-order valence-electron chi connectivity index (χ4n) is 2.75. The number of nitrogens with zero attached hydrogens (tertiary/aromatic N) is 1. The van der Waals surface area contributed by atoms with Crippen molar-refractivity contribution in [1.82, 2.24) is 4.90 Å². The number of benzene rings is 1. The van der Waals surface area contributed by atoms with E-state index in [9.17, 15) is 13.2 Å². The Bertz CT molecular complexity index is 685. The van der Waals surface area contributed by atoms with E-state index in [1.54, 1.807) is 25.2 Å². The molecule has 0 aromatic heterocycles. The molecule has 0 aliphatic carbocycles. The maximum atomic E-state index is 12.5. The first-order chi connectivity index (χ1) is 10.5. The Hall–Kier alpha value is -1.76. The maximum absolute atomic E-state index is 12.5. The fourth-order valence-corrected chi connectivity index (χ4v) is 4.52. The molecular formula is C15H19NO5S.